The Hall–Kier alpha value is -1.41. The molecule has 2 saturated heterocycles. The van der Waals surface area contributed by atoms with E-state index >= 15 is 0 Å². The maximum atomic E-state index is 12.4. The third-order valence-electron chi connectivity index (χ3n) is 3.48. The summed E-state index contributed by atoms with van der Waals surface area (Å²) in [5.74, 6) is 5.55. The average molecular weight is 272 g/mol. The van der Waals surface area contributed by atoms with Gasteiger partial charge in [0.15, 0.2) is 0 Å². The monoisotopic (exact) mass is 272 g/mol. The number of amides is 1. The molecule has 2 rings (SSSR count). The molecule has 0 aromatic carbocycles. The van der Waals surface area contributed by atoms with Crippen LogP contribution in [0, 0.1) is 0 Å². The largest absolute Gasteiger partial charge is 0.403 e. The minimum absolute atomic E-state index is 0.132. The topological polar surface area (TPSA) is 110 Å². The molecule has 100 valence electrons. The van der Waals surface area contributed by atoms with E-state index in [9.17, 15) is 13.8 Å². The Morgan fingerprint density at radius 1 is 1.67 bits per heavy atom. The standard InChI is InChI=1S/C10H16N4O3S/c1-10(6-13(12)3-2-11)7(5-15)14-8(16)4-9(14)18(10)17/h2-3,5,7,9H,4,6,11-12H2,1H3/b3-2-. The van der Waals surface area contributed by atoms with Crippen molar-refractivity contribution in [3.63, 3.8) is 0 Å². The molecule has 4 unspecified atom stereocenters. The molecular formula is C10H16N4O3S. The molecule has 18 heavy (non-hydrogen) atoms. The Morgan fingerprint density at radius 3 is 2.83 bits per heavy atom. The maximum absolute atomic E-state index is 12.4. The third-order valence-corrected chi connectivity index (χ3v) is 5.66. The first-order valence-corrected chi connectivity index (χ1v) is 6.74. The molecule has 0 aromatic rings. The van der Waals surface area contributed by atoms with E-state index in [0.29, 0.717) is 6.29 Å². The highest BCUT2D eigenvalue weighted by atomic mass is 32.2. The zero-order chi connectivity index (χ0) is 13.5. The average Bonchev–Trinajstić information content (AvgIpc) is 2.46. The molecular weight excluding hydrogens is 256 g/mol. The summed E-state index contributed by atoms with van der Waals surface area (Å²) in [6.07, 6.45) is 3.61. The Balaban J connectivity index is 2.27. The zero-order valence-electron chi connectivity index (χ0n) is 9.98. The number of carbonyl (C=O) groups excluding carboxylic acids is 2. The maximum Gasteiger partial charge on any atom is 0.227 e. The van der Waals surface area contributed by atoms with Gasteiger partial charge in [0.1, 0.15) is 17.7 Å². The Kier molecular flexibility index (Phi) is 3.16. The van der Waals surface area contributed by atoms with E-state index in [4.69, 9.17) is 11.6 Å². The molecule has 0 aromatic heterocycles. The number of aldehydes is 1. The molecule has 4 atom stereocenters. The van der Waals surface area contributed by atoms with Crippen LogP contribution in [0.15, 0.2) is 12.4 Å². The van der Waals surface area contributed by atoms with Crippen LogP contribution in [0.3, 0.4) is 0 Å². The van der Waals surface area contributed by atoms with Gasteiger partial charge in [0.2, 0.25) is 5.91 Å². The molecule has 2 aliphatic rings. The minimum Gasteiger partial charge on any atom is -0.403 e. The van der Waals surface area contributed by atoms with Crippen LogP contribution in [0.1, 0.15) is 13.3 Å². The summed E-state index contributed by atoms with van der Waals surface area (Å²) < 4.78 is 11.5. The van der Waals surface area contributed by atoms with E-state index in [2.05, 4.69) is 0 Å². The molecule has 0 radical (unpaired) electrons. The van der Waals surface area contributed by atoms with Gasteiger partial charge in [0.05, 0.1) is 28.5 Å². The van der Waals surface area contributed by atoms with Crippen LogP contribution in [0.5, 0.6) is 0 Å². The SMILES string of the molecule is CC1(CN(N)/C=C\N)C(C=O)N2C(=O)CC2S1=O. The zero-order valence-corrected chi connectivity index (χ0v) is 10.8. The Morgan fingerprint density at radius 2 is 2.33 bits per heavy atom. The predicted octanol–water partition coefficient (Wildman–Crippen LogP) is -1.76. The molecule has 2 aliphatic heterocycles. The summed E-state index contributed by atoms with van der Waals surface area (Å²) in [6.45, 7) is 1.90. The Labute approximate surface area is 107 Å². The lowest BCUT2D eigenvalue weighted by Crippen LogP contribution is -2.56. The fourth-order valence-corrected chi connectivity index (χ4v) is 4.58. The summed E-state index contributed by atoms with van der Waals surface area (Å²) in [4.78, 5) is 24.1. The summed E-state index contributed by atoms with van der Waals surface area (Å²) in [5, 5.41) is 0.929. The van der Waals surface area contributed by atoms with E-state index in [0.717, 1.165) is 0 Å². The van der Waals surface area contributed by atoms with Crippen LogP contribution < -0.4 is 11.6 Å². The quantitative estimate of drug-likeness (QED) is 0.271. The lowest BCUT2D eigenvalue weighted by Gasteiger charge is -2.36. The molecule has 0 saturated carbocycles. The van der Waals surface area contributed by atoms with Crippen molar-refractivity contribution in [2.75, 3.05) is 6.54 Å². The van der Waals surface area contributed by atoms with Crippen LogP contribution in [0.25, 0.3) is 0 Å². The molecule has 0 aliphatic carbocycles. The molecule has 0 spiro atoms. The number of rotatable bonds is 4. The number of carbonyl (C=O) groups is 2. The molecule has 1 amide bonds. The van der Waals surface area contributed by atoms with Gasteiger partial charge in [-0.15, -0.1) is 0 Å². The molecule has 2 heterocycles. The van der Waals surface area contributed by atoms with Gasteiger partial charge in [0, 0.05) is 12.4 Å². The third kappa shape index (κ3) is 1.64. The van der Waals surface area contributed by atoms with Crippen molar-refractivity contribution in [3.05, 3.63) is 12.4 Å². The predicted molar refractivity (Wildman–Crippen MR) is 65.9 cm³/mol. The second kappa shape index (κ2) is 4.36. The van der Waals surface area contributed by atoms with Crippen LogP contribution in [0.2, 0.25) is 0 Å². The summed E-state index contributed by atoms with van der Waals surface area (Å²) in [6, 6.07) is -0.693. The van der Waals surface area contributed by atoms with Crippen molar-refractivity contribution >= 4 is 23.0 Å². The fraction of sp³-hybridized carbons (Fsp3) is 0.600. The van der Waals surface area contributed by atoms with Crippen LogP contribution in [-0.2, 0) is 20.4 Å². The highest BCUT2D eigenvalue weighted by Crippen LogP contribution is 2.42. The van der Waals surface area contributed by atoms with Crippen LogP contribution in [0.4, 0.5) is 0 Å². The fourth-order valence-electron chi connectivity index (χ4n) is 2.53. The van der Waals surface area contributed by atoms with Crippen LogP contribution >= 0.6 is 0 Å². The van der Waals surface area contributed by atoms with Gasteiger partial charge in [0.25, 0.3) is 0 Å². The van der Waals surface area contributed by atoms with Gasteiger partial charge < -0.3 is 20.4 Å². The van der Waals surface area contributed by atoms with Crippen molar-refractivity contribution in [2.45, 2.75) is 29.5 Å². The van der Waals surface area contributed by atoms with Crippen molar-refractivity contribution in [1.82, 2.24) is 9.91 Å². The van der Waals surface area contributed by atoms with Gasteiger partial charge in [-0.05, 0) is 6.92 Å². The van der Waals surface area contributed by atoms with E-state index in [1.165, 1.54) is 22.3 Å². The lowest BCUT2D eigenvalue weighted by atomic mass is 9.97. The van der Waals surface area contributed by atoms with Crippen molar-refractivity contribution in [1.29, 1.82) is 0 Å². The number of β-lactam (4-membered cyclic amide) rings is 1. The van der Waals surface area contributed by atoms with E-state index in [-0.39, 0.29) is 24.2 Å². The van der Waals surface area contributed by atoms with Gasteiger partial charge in [-0.2, -0.15) is 0 Å². The summed E-state index contributed by atoms with van der Waals surface area (Å²) in [5.41, 5.74) is 5.23. The smallest absolute Gasteiger partial charge is 0.227 e. The highest BCUT2D eigenvalue weighted by Gasteiger charge is 2.62. The van der Waals surface area contributed by atoms with Gasteiger partial charge in [-0.3, -0.25) is 9.00 Å². The van der Waals surface area contributed by atoms with Gasteiger partial charge in [-0.25, -0.2) is 5.84 Å². The lowest BCUT2D eigenvalue weighted by molar-refractivity contribution is -0.146. The number of nitrogens with two attached hydrogens (primary N) is 2. The van der Waals surface area contributed by atoms with Crippen LogP contribution in [-0.4, -0.2) is 49.0 Å². The highest BCUT2D eigenvalue weighted by molar-refractivity contribution is 7.87. The Bertz CT molecular complexity index is 441. The van der Waals surface area contributed by atoms with Crippen molar-refractivity contribution in [2.24, 2.45) is 11.6 Å². The number of hydrazine groups is 1. The molecule has 7 nitrogen and oxygen atoms in total. The number of hydrogen-bond donors (Lipinski definition) is 2. The number of hydrogen-bond acceptors (Lipinski definition) is 6. The summed E-state index contributed by atoms with van der Waals surface area (Å²) in [7, 11) is -1.31. The molecule has 0 bridgehead atoms. The van der Waals surface area contributed by atoms with Gasteiger partial charge in [-0.1, -0.05) is 0 Å². The van der Waals surface area contributed by atoms with E-state index in [1.807, 2.05) is 0 Å². The van der Waals surface area contributed by atoms with Crippen molar-refractivity contribution in [3.8, 4) is 0 Å². The molecule has 8 heteroatoms. The van der Waals surface area contributed by atoms with Gasteiger partial charge >= 0.3 is 0 Å². The van der Waals surface area contributed by atoms with E-state index < -0.39 is 21.6 Å². The normalized spacial score (nSPS) is 38.7. The first-order chi connectivity index (χ1) is 8.45. The van der Waals surface area contributed by atoms with Crippen molar-refractivity contribution < 1.29 is 13.8 Å². The first-order valence-electron chi connectivity index (χ1n) is 5.52. The first kappa shape index (κ1) is 13.0. The van der Waals surface area contributed by atoms with E-state index in [1.54, 1.807) is 6.92 Å². The minimum atomic E-state index is -1.31. The second-order valence-corrected chi connectivity index (χ2v) is 6.74. The number of nitrogens with zero attached hydrogens (tertiary/aromatic N) is 2. The second-order valence-electron chi connectivity index (χ2n) is 4.66. The molecule has 4 N–H and O–H groups in total. The number of fused-ring (bicyclic) bond motifs is 1. The molecule has 2 fully saturated rings. The summed E-state index contributed by atoms with van der Waals surface area (Å²) >= 11 is 0.